The zero-order valence-corrected chi connectivity index (χ0v) is 14.9. The zero-order chi connectivity index (χ0) is 19.3. The number of carbonyl (C=O) groups is 1. The van der Waals surface area contributed by atoms with Gasteiger partial charge in [-0.15, -0.1) is 0 Å². The highest BCUT2D eigenvalue weighted by Gasteiger charge is 2.16. The normalized spacial score (nSPS) is 10.8. The summed E-state index contributed by atoms with van der Waals surface area (Å²) in [5, 5.41) is 22.1. The number of rotatable bonds is 5. The van der Waals surface area contributed by atoms with E-state index in [0.29, 0.717) is 15.8 Å². The van der Waals surface area contributed by atoms with Crippen LogP contribution in [0.2, 0.25) is 0 Å². The van der Waals surface area contributed by atoms with Crippen LogP contribution in [0.5, 0.6) is 5.75 Å². The molecule has 0 fully saturated rings. The van der Waals surface area contributed by atoms with Gasteiger partial charge in [-0.05, 0) is 45.8 Å². The number of nitro groups is 1. The fourth-order valence-corrected chi connectivity index (χ4v) is 2.56. The lowest BCUT2D eigenvalue weighted by molar-refractivity contribution is -0.384. The van der Waals surface area contributed by atoms with Crippen LogP contribution in [0.3, 0.4) is 0 Å². The number of methoxy groups -OCH3 is 1. The van der Waals surface area contributed by atoms with Crippen LogP contribution >= 0.6 is 15.9 Å². The predicted molar refractivity (Wildman–Crippen MR) is 96.0 cm³/mol. The number of hydrogen-bond donors (Lipinski definition) is 1. The van der Waals surface area contributed by atoms with E-state index in [4.69, 9.17) is 4.74 Å². The van der Waals surface area contributed by atoms with Gasteiger partial charge in [-0.25, -0.2) is 4.39 Å². The molecule has 0 aliphatic heterocycles. The average Bonchev–Trinajstić information content (AvgIpc) is 2.61. The number of nitriles is 1. The number of carbonyl (C=O) groups excluding carboxylic acids is 1. The Kier molecular flexibility index (Phi) is 6.03. The van der Waals surface area contributed by atoms with Gasteiger partial charge in [-0.1, -0.05) is 6.07 Å². The number of nitrogens with zero attached hydrogens (tertiary/aromatic N) is 2. The van der Waals surface area contributed by atoms with Gasteiger partial charge in [0.05, 0.1) is 22.2 Å². The Hall–Kier alpha value is -3.25. The van der Waals surface area contributed by atoms with Gasteiger partial charge in [-0.2, -0.15) is 5.26 Å². The molecule has 0 unspecified atom stereocenters. The van der Waals surface area contributed by atoms with Gasteiger partial charge in [0.1, 0.15) is 23.2 Å². The van der Waals surface area contributed by atoms with Crippen LogP contribution in [-0.2, 0) is 4.79 Å². The van der Waals surface area contributed by atoms with Crippen molar-refractivity contribution in [2.75, 3.05) is 12.4 Å². The first-order valence-electron chi connectivity index (χ1n) is 7.06. The van der Waals surface area contributed by atoms with E-state index in [-0.39, 0.29) is 16.9 Å². The van der Waals surface area contributed by atoms with Crippen molar-refractivity contribution in [1.82, 2.24) is 0 Å². The van der Waals surface area contributed by atoms with E-state index < -0.39 is 16.6 Å². The van der Waals surface area contributed by atoms with Gasteiger partial charge in [0.15, 0.2) is 0 Å². The van der Waals surface area contributed by atoms with E-state index >= 15 is 0 Å². The van der Waals surface area contributed by atoms with Crippen molar-refractivity contribution in [1.29, 1.82) is 5.26 Å². The molecular formula is C17H11BrFN3O4. The van der Waals surface area contributed by atoms with Crippen LogP contribution in [-0.4, -0.2) is 17.9 Å². The summed E-state index contributed by atoms with van der Waals surface area (Å²) < 4.78 is 19.5. The van der Waals surface area contributed by atoms with E-state index in [1.165, 1.54) is 13.2 Å². The third-order valence-electron chi connectivity index (χ3n) is 3.26. The maximum atomic E-state index is 13.8. The molecule has 1 amide bonds. The number of nitrogens with one attached hydrogen (secondary N) is 1. The van der Waals surface area contributed by atoms with Crippen molar-refractivity contribution in [3.63, 3.8) is 0 Å². The molecule has 0 aromatic heterocycles. The molecule has 26 heavy (non-hydrogen) atoms. The Balaban J connectivity index is 2.30. The number of ether oxygens (including phenoxy) is 1. The molecule has 7 nitrogen and oxygen atoms in total. The first-order valence-corrected chi connectivity index (χ1v) is 7.85. The third-order valence-corrected chi connectivity index (χ3v) is 3.88. The molecule has 2 aromatic rings. The Labute approximate surface area is 156 Å². The van der Waals surface area contributed by atoms with Gasteiger partial charge in [-0.3, -0.25) is 14.9 Å². The SMILES string of the molecule is COc1ccc(C=C(C#N)C(=O)Nc2cc([N+](=O)[O-])ccc2F)cc1Br. The lowest BCUT2D eigenvalue weighted by Crippen LogP contribution is -2.14. The van der Waals surface area contributed by atoms with Crippen LogP contribution in [0.25, 0.3) is 6.08 Å². The summed E-state index contributed by atoms with van der Waals surface area (Å²) in [6.07, 6.45) is 1.30. The van der Waals surface area contributed by atoms with E-state index in [1.54, 1.807) is 24.3 Å². The molecule has 9 heteroatoms. The third kappa shape index (κ3) is 4.43. The van der Waals surface area contributed by atoms with Crippen LogP contribution < -0.4 is 10.1 Å². The lowest BCUT2D eigenvalue weighted by atomic mass is 10.1. The van der Waals surface area contributed by atoms with Gasteiger partial charge in [0.2, 0.25) is 0 Å². The van der Waals surface area contributed by atoms with Crippen molar-refractivity contribution in [2.24, 2.45) is 0 Å². The number of non-ortho nitro benzene ring substituents is 1. The standard InChI is InChI=1S/C17H11BrFN3O4/c1-26-16-5-2-10(7-13(16)18)6-11(9-20)17(23)21-15-8-12(22(24)25)3-4-14(15)19/h2-8H,1H3,(H,21,23). The van der Waals surface area contributed by atoms with Gasteiger partial charge in [0.25, 0.3) is 11.6 Å². The second-order valence-electron chi connectivity index (χ2n) is 4.94. The average molecular weight is 420 g/mol. The Morgan fingerprint density at radius 1 is 1.38 bits per heavy atom. The monoisotopic (exact) mass is 419 g/mol. The van der Waals surface area contributed by atoms with E-state index in [9.17, 15) is 24.6 Å². The summed E-state index contributed by atoms with van der Waals surface area (Å²) in [5.74, 6) is -1.17. The topological polar surface area (TPSA) is 105 Å². The minimum Gasteiger partial charge on any atom is -0.496 e. The van der Waals surface area contributed by atoms with Crippen LogP contribution in [0.1, 0.15) is 5.56 Å². The maximum Gasteiger partial charge on any atom is 0.271 e. The van der Waals surface area contributed by atoms with Crippen LogP contribution in [0.15, 0.2) is 46.4 Å². The number of nitro benzene ring substituents is 1. The molecule has 0 aliphatic carbocycles. The highest BCUT2D eigenvalue weighted by atomic mass is 79.9. The fraction of sp³-hybridized carbons (Fsp3) is 0.0588. The van der Waals surface area contributed by atoms with Gasteiger partial charge in [0, 0.05) is 12.1 Å². The quantitative estimate of drug-likeness (QED) is 0.340. The summed E-state index contributed by atoms with van der Waals surface area (Å²) in [6.45, 7) is 0. The summed E-state index contributed by atoms with van der Waals surface area (Å²) in [5.41, 5.74) is -0.540. The molecule has 0 bridgehead atoms. The van der Waals surface area contributed by atoms with Crippen molar-refractivity contribution in [3.05, 3.63) is 67.9 Å². The molecule has 0 saturated carbocycles. The fourth-order valence-electron chi connectivity index (χ4n) is 2.00. The number of hydrogen-bond acceptors (Lipinski definition) is 5. The molecular weight excluding hydrogens is 409 g/mol. The second kappa shape index (κ2) is 8.22. The summed E-state index contributed by atoms with van der Waals surface area (Å²) >= 11 is 3.29. The predicted octanol–water partition coefficient (Wildman–Crippen LogP) is 4.05. The summed E-state index contributed by atoms with van der Waals surface area (Å²) in [4.78, 5) is 22.3. The summed E-state index contributed by atoms with van der Waals surface area (Å²) in [6, 6.07) is 9.35. The van der Waals surface area contributed by atoms with Crippen molar-refractivity contribution >= 4 is 39.3 Å². The van der Waals surface area contributed by atoms with Crippen LogP contribution in [0, 0.1) is 27.3 Å². The van der Waals surface area contributed by atoms with Crippen molar-refractivity contribution < 1.29 is 18.8 Å². The van der Waals surface area contributed by atoms with Crippen LogP contribution in [0.4, 0.5) is 15.8 Å². The molecule has 0 heterocycles. The van der Waals surface area contributed by atoms with E-state index in [1.807, 2.05) is 0 Å². The molecule has 2 aromatic carbocycles. The molecule has 0 spiro atoms. The second-order valence-corrected chi connectivity index (χ2v) is 5.79. The Morgan fingerprint density at radius 2 is 2.12 bits per heavy atom. The van der Waals surface area contributed by atoms with Gasteiger partial charge >= 0.3 is 0 Å². The largest absolute Gasteiger partial charge is 0.496 e. The number of benzene rings is 2. The van der Waals surface area contributed by atoms with Crippen molar-refractivity contribution in [2.45, 2.75) is 0 Å². The Morgan fingerprint density at radius 3 is 2.69 bits per heavy atom. The van der Waals surface area contributed by atoms with Gasteiger partial charge < -0.3 is 10.1 Å². The first-order chi connectivity index (χ1) is 12.3. The zero-order valence-electron chi connectivity index (χ0n) is 13.3. The number of halogens is 2. The lowest BCUT2D eigenvalue weighted by Gasteiger charge is -2.06. The number of amides is 1. The molecule has 0 saturated heterocycles. The highest BCUT2D eigenvalue weighted by Crippen LogP contribution is 2.27. The molecule has 1 N–H and O–H groups in total. The molecule has 0 radical (unpaired) electrons. The minimum atomic E-state index is -0.890. The van der Waals surface area contributed by atoms with E-state index in [0.717, 1.165) is 18.2 Å². The number of anilines is 1. The molecule has 2 rings (SSSR count). The Bertz CT molecular complexity index is 954. The van der Waals surface area contributed by atoms with E-state index in [2.05, 4.69) is 21.2 Å². The summed E-state index contributed by atoms with van der Waals surface area (Å²) in [7, 11) is 1.50. The highest BCUT2D eigenvalue weighted by molar-refractivity contribution is 9.10. The first kappa shape index (κ1) is 19.1. The minimum absolute atomic E-state index is 0.298. The van der Waals surface area contributed by atoms with Crippen molar-refractivity contribution in [3.8, 4) is 11.8 Å². The molecule has 0 atom stereocenters. The molecule has 0 aliphatic rings. The molecule has 132 valence electrons. The smallest absolute Gasteiger partial charge is 0.271 e. The maximum absolute atomic E-state index is 13.8.